The molecule has 0 fully saturated rings. The number of nitrogens with zero attached hydrogens (tertiary/aromatic N) is 1. The predicted octanol–water partition coefficient (Wildman–Crippen LogP) is 2.98. The van der Waals surface area contributed by atoms with Crippen molar-refractivity contribution in [3.05, 3.63) is 126 Å². The van der Waals surface area contributed by atoms with Gasteiger partial charge in [0.2, 0.25) is 17.6 Å². The van der Waals surface area contributed by atoms with Gasteiger partial charge in [-0.25, -0.2) is 4.79 Å². The van der Waals surface area contributed by atoms with Crippen LogP contribution in [0.15, 0.2) is 103 Å². The molecular weight excluding hydrogens is 608 g/mol. The number of aromatic nitrogens is 1. The van der Waals surface area contributed by atoms with E-state index < -0.39 is 47.7 Å². The minimum absolute atomic E-state index is 0.0635. The molecule has 1 aromatic heterocycles. The van der Waals surface area contributed by atoms with E-state index in [1.807, 2.05) is 66.7 Å². The number of carbonyl (C=O) groups is 5. The van der Waals surface area contributed by atoms with Crippen LogP contribution < -0.4 is 26.6 Å². The molecule has 4 bridgehead atoms. The number of Topliss-reactive ketones (excluding diaryl/α,β-unsaturated/α-hetero) is 1. The number of benzene rings is 3. The zero-order valence-electron chi connectivity index (χ0n) is 26.6. The van der Waals surface area contributed by atoms with Crippen molar-refractivity contribution in [1.82, 2.24) is 31.6 Å². The van der Waals surface area contributed by atoms with E-state index in [0.717, 1.165) is 33.4 Å². The Labute approximate surface area is 278 Å². The minimum Gasteiger partial charge on any atom is -0.345 e. The van der Waals surface area contributed by atoms with Crippen LogP contribution in [0.2, 0.25) is 0 Å². The molecule has 0 radical (unpaired) electrons. The number of carbonyl (C=O) groups excluding carboxylic acids is 5. The van der Waals surface area contributed by atoms with E-state index >= 15 is 0 Å². The molecule has 0 spiro atoms. The summed E-state index contributed by atoms with van der Waals surface area (Å²) in [6.45, 7) is 1.90. The van der Waals surface area contributed by atoms with Gasteiger partial charge in [0.05, 0.1) is 0 Å². The van der Waals surface area contributed by atoms with Crippen LogP contribution in [0.3, 0.4) is 0 Å². The quantitative estimate of drug-likeness (QED) is 0.185. The normalized spacial score (nSPS) is 17.1. The summed E-state index contributed by atoms with van der Waals surface area (Å²) in [6, 6.07) is 24.1. The number of amides is 5. The number of ketones is 1. The fraction of sp³-hybridized carbons (Fsp3) is 0.243. The maximum Gasteiger partial charge on any atom is 0.315 e. The number of rotatable bonds is 8. The molecule has 3 aromatic carbocycles. The lowest BCUT2D eigenvalue weighted by Gasteiger charge is -2.24. The van der Waals surface area contributed by atoms with Crippen LogP contribution in [0.1, 0.15) is 35.6 Å². The molecule has 3 atom stereocenters. The van der Waals surface area contributed by atoms with Crippen LogP contribution in [-0.2, 0) is 45.1 Å². The average molecular weight is 647 g/mol. The highest BCUT2D eigenvalue weighted by atomic mass is 16.2. The van der Waals surface area contributed by atoms with E-state index in [9.17, 15) is 24.0 Å². The van der Waals surface area contributed by atoms with Crippen molar-refractivity contribution in [3.8, 4) is 11.1 Å². The van der Waals surface area contributed by atoms with Crippen molar-refractivity contribution < 1.29 is 24.0 Å². The van der Waals surface area contributed by atoms with Gasteiger partial charge in [-0.1, -0.05) is 78.9 Å². The van der Waals surface area contributed by atoms with Gasteiger partial charge >= 0.3 is 6.03 Å². The lowest BCUT2D eigenvalue weighted by molar-refractivity contribution is -0.140. The van der Waals surface area contributed by atoms with Gasteiger partial charge in [0.1, 0.15) is 18.1 Å². The van der Waals surface area contributed by atoms with Crippen LogP contribution in [0, 0.1) is 0 Å². The Morgan fingerprint density at radius 3 is 2.29 bits per heavy atom. The molecule has 2 heterocycles. The van der Waals surface area contributed by atoms with Crippen LogP contribution in [0.4, 0.5) is 4.79 Å². The number of aryl methyl sites for hydroxylation is 1. The van der Waals surface area contributed by atoms with E-state index in [2.05, 4.69) is 31.6 Å². The van der Waals surface area contributed by atoms with Crippen LogP contribution in [0.25, 0.3) is 11.1 Å². The van der Waals surface area contributed by atoms with Crippen LogP contribution >= 0.6 is 0 Å². The molecule has 5 rings (SSSR count). The Morgan fingerprint density at radius 1 is 0.833 bits per heavy atom. The summed E-state index contributed by atoms with van der Waals surface area (Å²) in [5.74, 6) is -2.87. The lowest BCUT2D eigenvalue weighted by atomic mass is 9.99. The predicted molar refractivity (Wildman–Crippen MR) is 180 cm³/mol. The van der Waals surface area contributed by atoms with Gasteiger partial charge < -0.3 is 26.6 Å². The molecule has 11 nitrogen and oxygen atoms in total. The minimum atomic E-state index is -1.20. The lowest BCUT2D eigenvalue weighted by Crippen LogP contribution is -2.57. The summed E-state index contributed by atoms with van der Waals surface area (Å²) in [6.07, 6.45) is 4.04. The van der Waals surface area contributed by atoms with Gasteiger partial charge in [-0.3, -0.25) is 24.2 Å². The van der Waals surface area contributed by atoms with E-state index in [-0.39, 0.29) is 25.9 Å². The van der Waals surface area contributed by atoms with Crippen molar-refractivity contribution in [2.24, 2.45) is 0 Å². The summed E-state index contributed by atoms with van der Waals surface area (Å²) >= 11 is 0. The number of hydrogen-bond donors (Lipinski definition) is 5. The first kappa shape index (κ1) is 33.5. The molecule has 48 heavy (non-hydrogen) atoms. The molecule has 5 N–H and O–H groups in total. The fourth-order valence-corrected chi connectivity index (χ4v) is 5.37. The first-order valence-electron chi connectivity index (χ1n) is 15.8. The summed E-state index contributed by atoms with van der Waals surface area (Å²) < 4.78 is 0. The van der Waals surface area contributed by atoms with Crippen molar-refractivity contribution in [1.29, 1.82) is 0 Å². The average Bonchev–Trinajstić information content (AvgIpc) is 3.11. The van der Waals surface area contributed by atoms with Gasteiger partial charge in [-0.2, -0.15) is 0 Å². The molecule has 11 heteroatoms. The molecule has 4 aromatic rings. The molecule has 0 saturated carbocycles. The first-order valence-corrected chi connectivity index (χ1v) is 15.8. The van der Waals surface area contributed by atoms with E-state index in [1.165, 1.54) is 6.92 Å². The smallest absolute Gasteiger partial charge is 0.315 e. The Kier molecular flexibility index (Phi) is 11.3. The zero-order chi connectivity index (χ0) is 33.9. The van der Waals surface area contributed by atoms with Crippen molar-refractivity contribution in [2.75, 3.05) is 0 Å². The number of pyridine rings is 1. The highest BCUT2D eigenvalue weighted by molar-refractivity contribution is 6.38. The van der Waals surface area contributed by atoms with Crippen molar-refractivity contribution in [2.45, 2.75) is 57.4 Å². The first-order chi connectivity index (χ1) is 23.2. The molecule has 5 amide bonds. The van der Waals surface area contributed by atoms with Crippen molar-refractivity contribution in [3.63, 3.8) is 0 Å². The van der Waals surface area contributed by atoms with E-state index in [1.54, 1.807) is 36.7 Å². The Bertz CT molecular complexity index is 1760. The third kappa shape index (κ3) is 9.35. The summed E-state index contributed by atoms with van der Waals surface area (Å²) in [5.41, 5.74) is 5.05. The van der Waals surface area contributed by atoms with Crippen LogP contribution in [-0.4, -0.2) is 52.6 Å². The SMILES string of the molecule is C[C@@H]1NC(=O)NCc2cccc(c2)-c2cncc(c2)CC[C@@H](C(=O)N[C@@H](Cc2ccccc2)C(=O)C(=O)NCc2ccccc2)NC1=O. The Hall–Kier alpha value is -5.84. The number of nitrogens with one attached hydrogen (secondary N) is 5. The molecular formula is C37H38N6O5. The summed E-state index contributed by atoms with van der Waals surface area (Å²) in [5, 5.41) is 13.5. The Balaban J connectivity index is 1.38. The molecule has 0 aliphatic carbocycles. The van der Waals surface area contributed by atoms with Gasteiger partial charge in [0, 0.05) is 37.5 Å². The summed E-state index contributed by atoms with van der Waals surface area (Å²) in [7, 11) is 0. The fourth-order valence-electron chi connectivity index (χ4n) is 5.37. The zero-order valence-corrected chi connectivity index (χ0v) is 26.6. The topological polar surface area (TPSA) is 158 Å². The van der Waals surface area contributed by atoms with Gasteiger partial charge in [-0.05, 0) is 59.7 Å². The van der Waals surface area contributed by atoms with Gasteiger partial charge in [-0.15, -0.1) is 0 Å². The summed E-state index contributed by atoms with van der Waals surface area (Å²) in [4.78, 5) is 70.7. The largest absolute Gasteiger partial charge is 0.345 e. The molecule has 1 aliphatic heterocycles. The molecule has 1 aliphatic rings. The molecule has 0 unspecified atom stereocenters. The third-order valence-electron chi connectivity index (χ3n) is 8.04. The van der Waals surface area contributed by atoms with E-state index in [0.29, 0.717) is 6.42 Å². The monoisotopic (exact) mass is 646 g/mol. The third-order valence-corrected chi connectivity index (χ3v) is 8.04. The standard InChI is InChI=1S/C37H38N6O5/c1-24-34(45)42-31(16-15-28-18-30(23-38-20-28)29-14-8-13-27(17-29)22-40-37(48)41-24)35(46)43-32(19-25-9-4-2-5-10-25)33(44)36(47)39-21-26-11-6-3-7-12-26/h2-14,17-18,20,23-24,31-32H,15-16,19,21-22H2,1H3,(H,39,47)(H,42,45)(H,43,46)(H2,40,41,48)/t24-,31-,32-/m0/s1. The molecule has 0 saturated heterocycles. The van der Waals surface area contributed by atoms with Gasteiger partial charge in [0.25, 0.3) is 5.91 Å². The van der Waals surface area contributed by atoms with E-state index in [4.69, 9.17) is 0 Å². The second-order valence-electron chi connectivity index (χ2n) is 11.7. The highest BCUT2D eigenvalue weighted by Gasteiger charge is 2.31. The second-order valence-corrected chi connectivity index (χ2v) is 11.7. The highest BCUT2D eigenvalue weighted by Crippen LogP contribution is 2.22. The Morgan fingerprint density at radius 2 is 1.54 bits per heavy atom. The maximum atomic E-state index is 13.9. The second kappa shape index (κ2) is 16.1. The number of fused-ring (bicyclic) bond motifs is 5. The molecule has 246 valence electrons. The van der Waals surface area contributed by atoms with Crippen LogP contribution in [0.5, 0.6) is 0 Å². The van der Waals surface area contributed by atoms with Gasteiger partial charge in [0.15, 0.2) is 0 Å². The maximum absolute atomic E-state index is 13.9. The number of urea groups is 1. The van der Waals surface area contributed by atoms with Crippen molar-refractivity contribution >= 4 is 29.5 Å². The number of hydrogen-bond acceptors (Lipinski definition) is 6.